The van der Waals surface area contributed by atoms with Gasteiger partial charge in [0.05, 0.1) is 6.54 Å². The van der Waals surface area contributed by atoms with Crippen LogP contribution in [0.25, 0.3) is 0 Å². The van der Waals surface area contributed by atoms with Crippen molar-refractivity contribution in [2.75, 3.05) is 13.1 Å². The molecule has 1 heterocycles. The summed E-state index contributed by atoms with van der Waals surface area (Å²) in [5.41, 5.74) is 2.68. The van der Waals surface area contributed by atoms with Crippen molar-refractivity contribution in [2.45, 2.75) is 25.8 Å². The van der Waals surface area contributed by atoms with E-state index in [1.807, 2.05) is 23.1 Å². The van der Waals surface area contributed by atoms with Crippen LogP contribution in [-0.4, -0.2) is 29.6 Å². The van der Waals surface area contributed by atoms with E-state index in [4.69, 9.17) is 4.99 Å². The third-order valence-corrected chi connectivity index (χ3v) is 4.74. The molecule has 1 aliphatic carbocycles. The van der Waals surface area contributed by atoms with Gasteiger partial charge in [-0.05, 0) is 30.4 Å². The van der Waals surface area contributed by atoms with Gasteiger partial charge in [0.25, 0.3) is 0 Å². The van der Waals surface area contributed by atoms with E-state index in [-0.39, 0.29) is 5.91 Å². The van der Waals surface area contributed by atoms with Gasteiger partial charge in [-0.1, -0.05) is 43.0 Å². The molecule has 3 heteroatoms. The summed E-state index contributed by atoms with van der Waals surface area (Å²) in [7, 11) is 0. The Labute approximate surface area is 132 Å². The Kier molecular flexibility index (Phi) is 3.97. The second kappa shape index (κ2) is 5.91. The van der Waals surface area contributed by atoms with Crippen molar-refractivity contribution in [2.24, 2.45) is 10.4 Å². The van der Waals surface area contributed by atoms with Gasteiger partial charge in [-0.25, -0.2) is 0 Å². The molecule has 3 rings (SSSR count). The summed E-state index contributed by atoms with van der Waals surface area (Å²) in [4.78, 5) is 19.5. The van der Waals surface area contributed by atoms with E-state index in [0.717, 1.165) is 30.5 Å². The monoisotopic (exact) mass is 294 g/mol. The van der Waals surface area contributed by atoms with Gasteiger partial charge in [-0.2, -0.15) is 0 Å². The van der Waals surface area contributed by atoms with E-state index < -0.39 is 5.41 Å². The van der Waals surface area contributed by atoms with Crippen LogP contribution >= 0.6 is 0 Å². The number of nitrogens with zero attached hydrogens (tertiary/aromatic N) is 2. The first kappa shape index (κ1) is 14.8. The van der Waals surface area contributed by atoms with Crippen LogP contribution in [0.5, 0.6) is 0 Å². The molecule has 0 bridgehead atoms. The Morgan fingerprint density at radius 2 is 2.09 bits per heavy atom. The molecule has 1 atom stereocenters. The third-order valence-electron chi connectivity index (χ3n) is 4.74. The molecule has 1 unspecified atom stereocenters. The number of benzene rings is 1. The first-order chi connectivity index (χ1) is 10.7. The Morgan fingerprint density at radius 3 is 2.82 bits per heavy atom. The van der Waals surface area contributed by atoms with Crippen LogP contribution in [0.1, 0.15) is 24.8 Å². The molecule has 114 valence electrons. The number of carbonyl (C=O) groups excluding carboxylic acids is 1. The largest absolute Gasteiger partial charge is 0.334 e. The zero-order valence-electron chi connectivity index (χ0n) is 12.9. The van der Waals surface area contributed by atoms with Crippen molar-refractivity contribution < 1.29 is 4.79 Å². The highest BCUT2D eigenvalue weighted by Crippen LogP contribution is 2.47. The van der Waals surface area contributed by atoms with Gasteiger partial charge in [-0.3, -0.25) is 9.79 Å². The zero-order chi connectivity index (χ0) is 15.6. The highest BCUT2D eigenvalue weighted by atomic mass is 16.2. The number of aliphatic imine (C=N–C) groups is 1. The molecule has 0 aromatic heterocycles. The van der Waals surface area contributed by atoms with Gasteiger partial charge in [0.15, 0.2) is 0 Å². The van der Waals surface area contributed by atoms with Crippen LogP contribution in [-0.2, 0) is 11.3 Å². The lowest BCUT2D eigenvalue weighted by atomic mass is 9.79. The molecule has 2 fully saturated rings. The standard InChI is InChI=1S/C19H22N2O/c1-3-12-21-14-15(2)19(18(21)22)11-7-10-17(19)20-13-16-8-5-4-6-9-16/h3-6,8-9H,1-2,7,10-14H2. The van der Waals surface area contributed by atoms with Gasteiger partial charge in [0.2, 0.25) is 5.91 Å². The molecule has 3 nitrogen and oxygen atoms in total. The van der Waals surface area contributed by atoms with Crippen molar-refractivity contribution in [3.63, 3.8) is 0 Å². The molecule has 1 saturated carbocycles. The number of hydrogen-bond donors (Lipinski definition) is 0. The molecule has 1 aromatic carbocycles. The summed E-state index contributed by atoms with van der Waals surface area (Å²) in [5.74, 6) is 0.168. The van der Waals surface area contributed by atoms with E-state index in [2.05, 4.69) is 25.3 Å². The SMILES string of the molecule is C=CCN1CC(=C)C2(CCCC2=NCc2ccccc2)C1=O. The Morgan fingerprint density at radius 1 is 1.32 bits per heavy atom. The fourth-order valence-corrected chi connectivity index (χ4v) is 3.64. The molecule has 1 saturated heterocycles. The number of likely N-dealkylation sites (tertiary alicyclic amines) is 1. The predicted molar refractivity (Wildman–Crippen MR) is 89.8 cm³/mol. The maximum Gasteiger partial charge on any atom is 0.239 e. The van der Waals surface area contributed by atoms with E-state index in [1.54, 1.807) is 6.08 Å². The molecule has 2 aliphatic rings. The van der Waals surface area contributed by atoms with Gasteiger partial charge in [-0.15, -0.1) is 6.58 Å². The molecule has 22 heavy (non-hydrogen) atoms. The third kappa shape index (κ3) is 2.31. The minimum absolute atomic E-state index is 0.168. The van der Waals surface area contributed by atoms with Gasteiger partial charge in [0.1, 0.15) is 5.41 Å². The molecule has 1 spiro atoms. The molecular weight excluding hydrogens is 272 g/mol. The van der Waals surface area contributed by atoms with Crippen molar-refractivity contribution >= 4 is 11.6 Å². The quantitative estimate of drug-likeness (QED) is 0.784. The summed E-state index contributed by atoms with van der Waals surface area (Å²) >= 11 is 0. The second-order valence-corrected chi connectivity index (χ2v) is 6.09. The summed E-state index contributed by atoms with van der Waals surface area (Å²) in [6.45, 7) is 9.80. The topological polar surface area (TPSA) is 32.7 Å². The van der Waals surface area contributed by atoms with Crippen LogP contribution in [0, 0.1) is 5.41 Å². The van der Waals surface area contributed by atoms with Crippen LogP contribution in [0.3, 0.4) is 0 Å². The predicted octanol–water partition coefficient (Wildman–Crippen LogP) is 3.38. The lowest BCUT2D eigenvalue weighted by molar-refractivity contribution is -0.132. The maximum absolute atomic E-state index is 12.9. The molecule has 1 amide bonds. The number of hydrogen-bond acceptors (Lipinski definition) is 2. The molecule has 1 aromatic rings. The second-order valence-electron chi connectivity index (χ2n) is 6.09. The first-order valence-electron chi connectivity index (χ1n) is 7.84. The Bertz CT molecular complexity index is 632. The molecule has 1 aliphatic heterocycles. The minimum Gasteiger partial charge on any atom is -0.334 e. The first-order valence-corrected chi connectivity index (χ1v) is 7.84. The lowest BCUT2D eigenvalue weighted by Gasteiger charge is -2.24. The summed E-state index contributed by atoms with van der Waals surface area (Å²) in [6, 6.07) is 10.2. The van der Waals surface area contributed by atoms with Crippen molar-refractivity contribution in [3.05, 3.63) is 60.7 Å². The van der Waals surface area contributed by atoms with Crippen LogP contribution in [0.15, 0.2) is 60.1 Å². The van der Waals surface area contributed by atoms with Gasteiger partial charge in [0, 0.05) is 18.8 Å². The van der Waals surface area contributed by atoms with Crippen LogP contribution in [0.2, 0.25) is 0 Å². The normalized spacial score (nSPS) is 26.4. The van der Waals surface area contributed by atoms with Crippen LogP contribution in [0.4, 0.5) is 0 Å². The van der Waals surface area contributed by atoms with E-state index in [0.29, 0.717) is 19.6 Å². The van der Waals surface area contributed by atoms with E-state index in [1.165, 1.54) is 5.56 Å². The highest BCUT2D eigenvalue weighted by molar-refractivity contribution is 6.14. The summed E-state index contributed by atoms with van der Waals surface area (Å²) in [6.07, 6.45) is 4.55. The minimum atomic E-state index is -0.530. The number of rotatable bonds is 4. The molecular formula is C19H22N2O. The summed E-state index contributed by atoms with van der Waals surface area (Å²) in [5, 5.41) is 0. The van der Waals surface area contributed by atoms with E-state index >= 15 is 0 Å². The smallest absolute Gasteiger partial charge is 0.239 e. The fourth-order valence-electron chi connectivity index (χ4n) is 3.64. The van der Waals surface area contributed by atoms with Gasteiger partial charge < -0.3 is 4.90 Å². The molecule has 0 radical (unpaired) electrons. The van der Waals surface area contributed by atoms with Crippen molar-refractivity contribution in [1.82, 2.24) is 4.90 Å². The fraction of sp³-hybridized carbons (Fsp3) is 0.368. The maximum atomic E-state index is 12.9. The Hall–Kier alpha value is -2.16. The van der Waals surface area contributed by atoms with Crippen molar-refractivity contribution in [1.29, 1.82) is 0 Å². The average Bonchev–Trinajstić information content (AvgIpc) is 3.06. The zero-order valence-corrected chi connectivity index (χ0v) is 12.9. The van der Waals surface area contributed by atoms with Crippen molar-refractivity contribution in [3.8, 4) is 0 Å². The number of carbonyl (C=O) groups is 1. The Balaban J connectivity index is 1.87. The molecule has 0 N–H and O–H groups in total. The summed E-state index contributed by atoms with van der Waals surface area (Å²) < 4.78 is 0. The number of amides is 1. The average molecular weight is 294 g/mol. The lowest BCUT2D eigenvalue weighted by Crippen LogP contribution is -2.38. The van der Waals surface area contributed by atoms with E-state index in [9.17, 15) is 4.79 Å². The van der Waals surface area contributed by atoms with Crippen LogP contribution < -0.4 is 0 Å². The van der Waals surface area contributed by atoms with Gasteiger partial charge >= 0.3 is 0 Å². The highest BCUT2D eigenvalue weighted by Gasteiger charge is 2.54.